The number of nitrogens with zero attached hydrogens (tertiary/aromatic N) is 5. The molecule has 2 aliphatic rings. The van der Waals surface area contributed by atoms with Gasteiger partial charge in [0.1, 0.15) is 5.65 Å². The zero-order valence-corrected chi connectivity index (χ0v) is 16.2. The SMILES string of the molecule is CC(C(=O)N1CCCC1)N1CCN(C(=O)c2c(Cl)nc3ccccn23)CC1. The van der Waals surface area contributed by atoms with Gasteiger partial charge >= 0.3 is 0 Å². The van der Waals surface area contributed by atoms with E-state index in [9.17, 15) is 9.59 Å². The lowest BCUT2D eigenvalue weighted by Gasteiger charge is -2.38. The molecule has 2 amide bonds. The van der Waals surface area contributed by atoms with E-state index in [1.165, 1.54) is 0 Å². The first kappa shape index (κ1) is 18.3. The van der Waals surface area contributed by atoms with Gasteiger partial charge in [-0.05, 0) is 31.9 Å². The fraction of sp³-hybridized carbons (Fsp3) is 0.526. The third-order valence-electron chi connectivity index (χ3n) is 5.61. The predicted molar refractivity (Wildman–Crippen MR) is 103 cm³/mol. The van der Waals surface area contributed by atoms with Crippen LogP contribution in [0.2, 0.25) is 5.15 Å². The highest BCUT2D eigenvalue weighted by Crippen LogP contribution is 2.21. The van der Waals surface area contributed by atoms with E-state index in [0.717, 1.165) is 25.9 Å². The summed E-state index contributed by atoms with van der Waals surface area (Å²) in [6, 6.07) is 5.40. The molecule has 7 nitrogen and oxygen atoms in total. The van der Waals surface area contributed by atoms with Crippen molar-refractivity contribution >= 4 is 29.1 Å². The molecule has 2 aromatic heterocycles. The third-order valence-corrected chi connectivity index (χ3v) is 5.88. The Kier molecular flexibility index (Phi) is 5.06. The number of piperazine rings is 1. The lowest BCUT2D eigenvalue weighted by Crippen LogP contribution is -2.55. The summed E-state index contributed by atoms with van der Waals surface area (Å²) in [6.07, 6.45) is 4.00. The molecule has 144 valence electrons. The maximum atomic E-state index is 13.0. The second kappa shape index (κ2) is 7.48. The lowest BCUT2D eigenvalue weighted by molar-refractivity contribution is -0.135. The molecule has 0 aromatic carbocycles. The van der Waals surface area contributed by atoms with Crippen LogP contribution in [0.1, 0.15) is 30.3 Å². The van der Waals surface area contributed by atoms with Crippen LogP contribution in [0, 0.1) is 0 Å². The van der Waals surface area contributed by atoms with Crippen LogP contribution in [-0.4, -0.2) is 81.2 Å². The summed E-state index contributed by atoms with van der Waals surface area (Å²) in [5.41, 5.74) is 1.07. The van der Waals surface area contributed by atoms with Crippen LogP contribution in [0.5, 0.6) is 0 Å². The van der Waals surface area contributed by atoms with Crippen molar-refractivity contribution in [1.82, 2.24) is 24.1 Å². The van der Waals surface area contributed by atoms with Gasteiger partial charge in [0.2, 0.25) is 5.91 Å². The number of pyridine rings is 1. The monoisotopic (exact) mass is 389 g/mol. The first-order valence-electron chi connectivity index (χ1n) is 9.51. The summed E-state index contributed by atoms with van der Waals surface area (Å²) >= 11 is 6.24. The number of carbonyl (C=O) groups excluding carboxylic acids is 2. The van der Waals surface area contributed by atoms with Gasteiger partial charge in [0.25, 0.3) is 5.91 Å². The third kappa shape index (κ3) is 3.41. The minimum absolute atomic E-state index is 0.114. The van der Waals surface area contributed by atoms with E-state index < -0.39 is 0 Å². The molecule has 1 atom stereocenters. The van der Waals surface area contributed by atoms with Crippen molar-refractivity contribution in [3.8, 4) is 0 Å². The maximum absolute atomic E-state index is 13.0. The number of likely N-dealkylation sites (tertiary alicyclic amines) is 1. The predicted octanol–water partition coefficient (Wildman–Crippen LogP) is 1.76. The van der Waals surface area contributed by atoms with Gasteiger partial charge in [0.15, 0.2) is 10.8 Å². The second-order valence-electron chi connectivity index (χ2n) is 7.22. The van der Waals surface area contributed by atoms with Crippen molar-refractivity contribution in [2.24, 2.45) is 0 Å². The van der Waals surface area contributed by atoms with Crippen LogP contribution < -0.4 is 0 Å². The van der Waals surface area contributed by atoms with Crippen LogP contribution in [0.15, 0.2) is 24.4 Å². The van der Waals surface area contributed by atoms with E-state index in [2.05, 4.69) is 9.88 Å². The van der Waals surface area contributed by atoms with Gasteiger partial charge in [0.05, 0.1) is 6.04 Å². The molecule has 4 heterocycles. The molecule has 1 unspecified atom stereocenters. The standard InChI is InChI=1S/C19H24ClN5O2/c1-14(18(26)23-7-4-5-8-23)22-10-12-24(13-11-22)19(27)16-17(20)21-15-6-2-3-9-25(15)16/h2-3,6,9,14H,4-5,7-8,10-13H2,1H3. The van der Waals surface area contributed by atoms with Crippen LogP contribution >= 0.6 is 11.6 Å². The van der Waals surface area contributed by atoms with E-state index in [1.807, 2.05) is 30.0 Å². The molecular formula is C19H24ClN5O2. The van der Waals surface area contributed by atoms with Crippen molar-refractivity contribution in [2.45, 2.75) is 25.8 Å². The lowest BCUT2D eigenvalue weighted by atomic mass is 10.2. The van der Waals surface area contributed by atoms with E-state index in [0.29, 0.717) is 37.5 Å². The molecule has 0 N–H and O–H groups in total. The molecule has 0 radical (unpaired) electrons. The van der Waals surface area contributed by atoms with Gasteiger partial charge in [-0.3, -0.25) is 18.9 Å². The summed E-state index contributed by atoms with van der Waals surface area (Å²) in [6.45, 7) is 6.23. The number of hydrogen-bond donors (Lipinski definition) is 0. The molecule has 0 spiro atoms. The molecule has 2 aliphatic heterocycles. The Balaban J connectivity index is 1.42. The number of carbonyl (C=O) groups is 2. The van der Waals surface area contributed by atoms with E-state index in [1.54, 1.807) is 15.5 Å². The quantitative estimate of drug-likeness (QED) is 0.802. The zero-order valence-electron chi connectivity index (χ0n) is 15.5. The van der Waals surface area contributed by atoms with Crippen LogP contribution in [-0.2, 0) is 4.79 Å². The van der Waals surface area contributed by atoms with Crippen molar-refractivity contribution in [2.75, 3.05) is 39.3 Å². The number of imidazole rings is 1. The zero-order chi connectivity index (χ0) is 19.0. The summed E-state index contributed by atoms with van der Waals surface area (Å²) in [4.78, 5) is 35.8. The Labute approximate surface area is 163 Å². The van der Waals surface area contributed by atoms with Crippen molar-refractivity contribution in [3.63, 3.8) is 0 Å². The fourth-order valence-corrected chi connectivity index (χ4v) is 4.24. The minimum atomic E-state index is -0.139. The van der Waals surface area contributed by atoms with Crippen LogP contribution in [0.4, 0.5) is 0 Å². The fourth-order valence-electron chi connectivity index (χ4n) is 3.98. The second-order valence-corrected chi connectivity index (χ2v) is 7.57. The Morgan fingerprint density at radius 3 is 2.44 bits per heavy atom. The van der Waals surface area contributed by atoms with Crippen molar-refractivity contribution in [3.05, 3.63) is 35.2 Å². The molecule has 27 heavy (non-hydrogen) atoms. The average Bonchev–Trinajstić information content (AvgIpc) is 3.33. The largest absolute Gasteiger partial charge is 0.341 e. The number of halogens is 1. The number of aromatic nitrogens is 2. The minimum Gasteiger partial charge on any atom is -0.341 e. The smallest absolute Gasteiger partial charge is 0.274 e. The molecule has 2 saturated heterocycles. The van der Waals surface area contributed by atoms with Gasteiger partial charge < -0.3 is 9.80 Å². The van der Waals surface area contributed by atoms with Crippen LogP contribution in [0.25, 0.3) is 5.65 Å². The molecule has 2 fully saturated rings. The van der Waals surface area contributed by atoms with Gasteiger partial charge in [-0.15, -0.1) is 0 Å². The normalized spacial score (nSPS) is 19.6. The maximum Gasteiger partial charge on any atom is 0.274 e. The van der Waals surface area contributed by atoms with Gasteiger partial charge in [-0.2, -0.15) is 0 Å². The Morgan fingerprint density at radius 1 is 1.04 bits per heavy atom. The summed E-state index contributed by atoms with van der Waals surface area (Å²) in [5, 5.41) is 0.228. The topological polar surface area (TPSA) is 61.2 Å². The molecule has 8 heteroatoms. The number of amides is 2. The van der Waals surface area contributed by atoms with Gasteiger partial charge in [-0.25, -0.2) is 4.98 Å². The molecule has 0 saturated carbocycles. The average molecular weight is 390 g/mol. The van der Waals surface area contributed by atoms with Gasteiger partial charge in [-0.1, -0.05) is 17.7 Å². The highest BCUT2D eigenvalue weighted by atomic mass is 35.5. The van der Waals surface area contributed by atoms with Crippen molar-refractivity contribution < 1.29 is 9.59 Å². The van der Waals surface area contributed by atoms with E-state index in [-0.39, 0.29) is 23.0 Å². The summed E-state index contributed by atoms with van der Waals surface area (Å²) in [5.74, 6) is 0.0916. The number of hydrogen-bond acceptors (Lipinski definition) is 4. The van der Waals surface area contributed by atoms with E-state index in [4.69, 9.17) is 11.6 Å². The first-order chi connectivity index (χ1) is 13.1. The highest BCUT2D eigenvalue weighted by Gasteiger charge is 2.32. The summed E-state index contributed by atoms with van der Waals surface area (Å²) in [7, 11) is 0. The van der Waals surface area contributed by atoms with Crippen LogP contribution in [0.3, 0.4) is 0 Å². The molecule has 4 rings (SSSR count). The number of rotatable bonds is 3. The van der Waals surface area contributed by atoms with Crippen molar-refractivity contribution in [1.29, 1.82) is 0 Å². The van der Waals surface area contributed by atoms with E-state index >= 15 is 0 Å². The molecule has 2 aromatic rings. The Morgan fingerprint density at radius 2 is 1.74 bits per heavy atom. The Hall–Kier alpha value is -2.12. The molecule has 0 aliphatic carbocycles. The first-order valence-corrected chi connectivity index (χ1v) is 9.89. The molecule has 0 bridgehead atoms. The summed E-state index contributed by atoms with van der Waals surface area (Å²) < 4.78 is 1.73. The number of fused-ring (bicyclic) bond motifs is 1. The highest BCUT2D eigenvalue weighted by molar-refractivity contribution is 6.32. The van der Waals surface area contributed by atoms with Gasteiger partial charge in [0, 0.05) is 45.5 Å². The molecular weight excluding hydrogens is 366 g/mol. The Bertz CT molecular complexity index is 853.